The molecule has 9 heteroatoms. The normalized spacial score (nSPS) is 20.6. The second kappa shape index (κ2) is 4.97. The van der Waals surface area contributed by atoms with Crippen LogP contribution < -0.4 is 5.32 Å². The summed E-state index contributed by atoms with van der Waals surface area (Å²) >= 11 is 0. The third-order valence-electron chi connectivity index (χ3n) is 3.97. The van der Waals surface area contributed by atoms with Crippen LogP contribution in [0, 0.1) is 17.0 Å². The van der Waals surface area contributed by atoms with E-state index in [0.717, 1.165) is 0 Å². The smallest absolute Gasteiger partial charge is 0.285 e. The molecular weight excluding hydrogens is 306 g/mol. The lowest BCUT2D eigenvalue weighted by atomic mass is 10.0. The van der Waals surface area contributed by atoms with E-state index in [1.165, 1.54) is 19.1 Å². The number of nitrogens with one attached hydrogen (secondary N) is 1. The van der Waals surface area contributed by atoms with Gasteiger partial charge in [-0.2, -0.15) is 0 Å². The summed E-state index contributed by atoms with van der Waals surface area (Å²) in [4.78, 5) is 59.3. The number of benzene rings is 1. The number of rotatable bonds is 2. The SMILES string of the molecule is Cc1ccc2c(c1[N+](=O)[O-])C(=O)N(C1CCC(=O)NC1=O)C2=O. The van der Waals surface area contributed by atoms with Crippen LogP contribution in [0.5, 0.6) is 0 Å². The molecule has 0 bridgehead atoms. The summed E-state index contributed by atoms with van der Waals surface area (Å²) in [5, 5.41) is 13.3. The van der Waals surface area contributed by atoms with Crippen molar-refractivity contribution in [2.75, 3.05) is 0 Å². The number of nitro groups is 1. The molecule has 2 aliphatic rings. The zero-order chi connectivity index (χ0) is 16.9. The Bertz CT molecular complexity index is 800. The van der Waals surface area contributed by atoms with Crippen LogP contribution in [-0.4, -0.2) is 39.5 Å². The fourth-order valence-corrected chi connectivity index (χ4v) is 2.88. The summed E-state index contributed by atoms with van der Waals surface area (Å²) < 4.78 is 0. The molecule has 1 atom stereocenters. The Morgan fingerprint density at radius 3 is 2.52 bits per heavy atom. The molecule has 0 aromatic heterocycles. The maximum absolute atomic E-state index is 12.5. The standard InChI is InChI=1S/C14H11N3O6/c1-6-2-3-7-10(11(6)17(22)23)14(21)16(13(7)20)8-4-5-9(18)15-12(8)19/h2-3,8H,4-5H2,1H3,(H,15,18,19). The molecule has 9 nitrogen and oxygen atoms in total. The molecule has 1 fully saturated rings. The molecule has 1 saturated heterocycles. The van der Waals surface area contributed by atoms with Crippen LogP contribution in [0.4, 0.5) is 5.69 Å². The van der Waals surface area contributed by atoms with Crippen LogP contribution >= 0.6 is 0 Å². The lowest BCUT2D eigenvalue weighted by Crippen LogP contribution is -2.54. The van der Waals surface area contributed by atoms with Gasteiger partial charge in [-0.1, -0.05) is 6.07 Å². The number of carbonyl (C=O) groups is 4. The minimum absolute atomic E-state index is 0.00289. The number of carbonyl (C=O) groups excluding carboxylic acids is 4. The molecule has 1 unspecified atom stereocenters. The van der Waals surface area contributed by atoms with Crippen LogP contribution in [-0.2, 0) is 9.59 Å². The Morgan fingerprint density at radius 1 is 1.22 bits per heavy atom. The molecule has 1 N–H and O–H groups in total. The Kier molecular flexibility index (Phi) is 3.20. The van der Waals surface area contributed by atoms with Crippen molar-refractivity contribution in [3.8, 4) is 0 Å². The first kappa shape index (κ1) is 14.8. The molecule has 0 spiro atoms. The van der Waals surface area contributed by atoms with Gasteiger partial charge in [-0.05, 0) is 19.4 Å². The number of nitrogens with zero attached hydrogens (tertiary/aromatic N) is 2. The number of fused-ring (bicyclic) bond motifs is 1. The van der Waals surface area contributed by atoms with Crippen LogP contribution in [0.3, 0.4) is 0 Å². The van der Waals surface area contributed by atoms with Crippen molar-refractivity contribution in [1.82, 2.24) is 10.2 Å². The largest absolute Gasteiger partial charge is 0.295 e. The molecule has 3 rings (SSSR count). The average Bonchev–Trinajstić information content (AvgIpc) is 2.71. The van der Waals surface area contributed by atoms with Crippen LogP contribution in [0.2, 0.25) is 0 Å². The topological polar surface area (TPSA) is 127 Å². The molecule has 2 heterocycles. The summed E-state index contributed by atoms with van der Waals surface area (Å²) in [6, 6.07) is 1.58. The molecule has 1 aromatic rings. The van der Waals surface area contributed by atoms with E-state index in [-0.39, 0.29) is 29.5 Å². The van der Waals surface area contributed by atoms with Crippen molar-refractivity contribution in [1.29, 1.82) is 0 Å². The number of piperidine rings is 1. The monoisotopic (exact) mass is 317 g/mol. The third kappa shape index (κ3) is 2.08. The maximum atomic E-state index is 12.5. The lowest BCUT2D eigenvalue weighted by molar-refractivity contribution is -0.385. The van der Waals surface area contributed by atoms with Crippen molar-refractivity contribution in [2.45, 2.75) is 25.8 Å². The average molecular weight is 317 g/mol. The zero-order valence-corrected chi connectivity index (χ0v) is 12.0. The second-order valence-corrected chi connectivity index (χ2v) is 5.36. The van der Waals surface area contributed by atoms with E-state index in [4.69, 9.17) is 0 Å². The Hall–Kier alpha value is -3.10. The minimum atomic E-state index is -1.14. The highest BCUT2D eigenvalue weighted by molar-refractivity contribution is 6.25. The zero-order valence-electron chi connectivity index (χ0n) is 12.0. The van der Waals surface area contributed by atoms with Crippen molar-refractivity contribution >= 4 is 29.3 Å². The van der Waals surface area contributed by atoms with Gasteiger partial charge in [-0.25, -0.2) is 0 Å². The first-order chi connectivity index (χ1) is 10.8. The van der Waals surface area contributed by atoms with Crippen LogP contribution in [0.25, 0.3) is 0 Å². The molecule has 1 aromatic carbocycles. The van der Waals surface area contributed by atoms with Crippen molar-refractivity contribution in [3.05, 3.63) is 38.9 Å². The van der Waals surface area contributed by atoms with Gasteiger partial charge in [-0.3, -0.25) is 39.5 Å². The van der Waals surface area contributed by atoms with Gasteiger partial charge >= 0.3 is 0 Å². The molecule has 0 aliphatic carbocycles. The highest BCUT2D eigenvalue weighted by Crippen LogP contribution is 2.35. The number of aryl methyl sites for hydroxylation is 1. The number of imide groups is 2. The molecule has 118 valence electrons. The lowest BCUT2D eigenvalue weighted by Gasteiger charge is -2.27. The van der Waals surface area contributed by atoms with Gasteiger partial charge in [0.2, 0.25) is 11.8 Å². The Labute approximate surface area is 129 Å². The fraction of sp³-hybridized carbons (Fsp3) is 0.286. The summed E-state index contributed by atoms with van der Waals surface area (Å²) in [6.45, 7) is 1.46. The highest BCUT2D eigenvalue weighted by Gasteiger charge is 2.48. The van der Waals surface area contributed by atoms with E-state index in [0.29, 0.717) is 4.90 Å². The number of hydrogen-bond acceptors (Lipinski definition) is 6. The van der Waals surface area contributed by atoms with Gasteiger partial charge in [0.25, 0.3) is 17.5 Å². The third-order valence-corrected chi connectivity index (χ3v) is 3.97. The Morgan fingerprint density at radius 2 is 1.91 bits per heavy atom. The van der Waals surface area contributed by atoms with Crippen LogP contribution in [0.15, 0.2) is 12.1 Å². The minimum Gasteiger partial charge on any atom is -0.295 e. The summed E-state index contributed by atoms with van der Waals surface area (Å²) in [5.41, 5.74) is -0.586. The van der Waals surface area contributed by atoms with Crippen molar-refractivity contribution < 1.29 is 24.1 Å². The van der Waals surface area contributed by atoms with E-state index in [1.807, 2.05) is 0 Å². The molecular formula is C14H11N3O6. The van der Waals surface area contributed by atoms with E-state index in [1.54, 1.807) is 0 Å². The first-order valence-corrected chi connectivity index (χ1v) is 6.82. The van der Waals surface area contributed by atoms with Gasteiger partial charge in [0.05, 0.1) is 10.5 Å². The van der Waals surface area contributed by atoms with Crippen molar-refractivity contribution in [2.24, 2.45) is 0 Å². The first-order valence-electron chi connectivity index (χ1n) is 6.82. The van der Waals surface area contributed by atoms with Crippen LogP contribution in [0.1, 0.15) is 39.1 Å². The maximum Gasteiger partial charge on any atom is 0.285 e. The van der Waals surface area contributed by atoms with Gasteiger partial charge < -0.3 is 0 Å². The molecule has 0 radical (unpaired) electrons. The number of amides is 4. The van der Waals surface area contributed by atoms with E-state index in [2.05, 4.69) is 5.32 Å². The quantitative estimate of drug-likeness (QED) is 0.475. The summed E-state index contributed by atoms with van der Waals surface area (Å²) in [5.74, 6) is -2.88. The predicted molar refractivity (Wildman–Crippen MR) is 74.5 cm³/mol. The van der Waals surface area contributed by atoms with Gasteiger partial charge in [0.1, 0.15) is 11.6 Å². The van der Waals surface area contributed by atoms with Gasteiger partial charge in [-0.15, -0.1) is 0 Å². The van der Waals surface area contributed by atoms with E-state index >= 15 is 0 Å². The fourth-order valence-electron chi connectivity index (χ4n) is 2.88. The number of hydrogen-bond donors (Lipinski definition) is 1. The molecule has 4 amide bonds. The van der Waals surface area contributed by atoms with Gasteiger partial charge in [0, 0.05) is 12.0 Å². The van der Waals surface area contributed by atoms with Crippen molar-refractivity contribution in [3.63, 3.8) is 0 Å². The number of nitro benzene ring substituents is 1. The molecule has 0 saturated carbocycles. The Balaban J connectivity index is 2.08. The summed E-state index contributed by atoms with van der Waals surface area (Å²) in [7, 11) is 0. The van der Waals surface area contributed by atoms with E-state index in [9.17, 15) is 29.3 Å². The van der Waals surface area contributed by atoms with Gasteiger partial charge in [0.15, 0.2) is 0 Å². The second-order valence-electron chi connectivity index (χ2n) is 5.36. The molecule has 23 heavy (non-hydrogen) atoms. The predicted octanol–water partition coefficient (Wildman–Crippen LogP) is 0.304. The van der Waals surface area contributed by atoms with E-state index < -0.39 is 40.3 Å². The molecule has 2 aliphatic heterocycles. The summed E-state index contributed by atoms with van der Waals surface area (Å²) in [6.07, 6.45) is -0.00610. The highest BCUT2D eigenvalue weighted by atomic mass is 16.6.